The Morgan fingerprint density at radius 3 is 2.63 bits per heavy atom. The van der Waals surface area contributed by atoms with Crippen LogP contribution in [0, 0.1) is 0 Å². The zero-order chi connectivity index (χ0) is 31.5. The highest BCUT2D eigenvalue weighted by Crippen LogP contribution is 2.57. The first-order chi connectivity index (χ1) is 22.5. The van der Waals surface area contributed by atoms with Crippen molar-refractivity contribution in [3.63, 3.8) is 0 Å². The maximum Gasteiger partial charge on any atom is 0.330 e. The fourth-order valence-electron chi connectivity index (χ4n) is 9.04. The minimum atomic E-state index is -0.669. The number of nitrogens with zero attached hydrogens (tertiary/aromatic N) is 6. The lowest BCUT2D eigenvalue weighted by atomic mass is 9.61. The maximum absolute atomic E-state index is 14.1. The van der Waals surface area contributed by atoms with Crippen molar-refractivity contribution in [1.29, 1.82) is 0 Å². The summed E-state index contributed by atoms with van der Waals surface area (Å²) < 4.78 is 40.5. The van der Waals surface area contributed by atoms with Crippen molar-refractivity contribution < 1.29 is 28.2 Å². The molecule has 0 radical (unpaired) electrons. The van der Waals surface area contributed by atoms with Gasteiger partial charge in [-0.25, -0.2) is 9.78 Å². The van der Waals surface area contributed by atoms with Crippen molar-refractivity contribution in [3.05, 3.63) is 21.7 Å². The van der Waals surface area contributed by atoms with Gasteiger partial charge in [-0.05, 0) is 71.9 Å². The van der Waals surface area contributed by atoms with Crippen molar-refractivity contribution in [3.8, 4) is 17.5 Å². The predicted octanol–water partition coefficient (Wildman–Crippen LogP) is 3.61. The third-order valence-electron chi connectivity index (χ3n) is 11.3. The SMILES string of the molecule is COCCn1c(=O)n([C@@H]2CCOC2)c2nc(-c3onc4c3CCC[C@@]43CCCCC34OCCO4)nc(O[C@@H](C)[C@@H]3CCCN3C)c21. The van der Waals surface area contributed by atoms with Crippen LogP contribution in [0.4, 0.5) is 0 Å². The quantitative estimate of drug-likeness (QED) is 0.359. The lowest BCUT2D eigenvalue weighted by Crippen LogP contribution is -2.56. The normalized spacial score (nSPS) is 28.5. The molecule has 5 aliphatic rings. The molecule has 8 rings (SSSR count). The van der Waals surface area contributed by atoms with Crippen molar-refractivity contribution in [2.75, 3.05) is 53.7 Å². The molecule has 3 aromatic heterocycles. The monoisotopic (exact) mass is 638 g/mol. The predicted molar refractivity (Wildman–Crippen MR) is 167 cm³/mol. The number of methoxy groups -OCH3 is 1. The van der Waals surface area contributed by atoms with Crippen LogP contribution in [0.5, 0.6) is 5.88 Å². The second kappa shape index (κ2) is 12.0. The molecule has 0 N–H and O–H groups in total. The fraction of sp³-hybridized carbons (Fsp3) is 0.758. The van der Waals surface area contributed by atoms with Gasteiger partial charge in [0, 0.05) is 31.7 Å². The topological polar surface area (TPSA) is 128 Å². The molecule has 0 bridgehead atoms. The Morgan fingerprint density at radius 2 is 1.87 bits per heavy atom. The van der Waals surface area contributed by atoms with Gasteiger partial charge in [0.2, 0.25) is 17.5 Å². The lowest BCUT2D eigenvalue weighted by molar-refractivity contribution is -0.231. The number of rotatable bonds is 8. The highest BCUT2D eigenvalue weighted by atomic mass is 16.7. The number of fused-ring (bicyclic) bond motifs is 4. The van der Waals surface area contributed by atoms with Gasteiger partial charge in [0.25, 0.3) is 0 Å². The van der Waals surface area contributed by atoms with E-state index < -0.39 is 5.79 Å². The first-order valence-electron chi connectivity index (χ1n) is 17.2. The number of likely N-dealkylation sites (N-methyl/N-ethyl adjacent to an activating group) is 1. The molecule has 2 aliphatic carbocycles. The molecule has 0 amide bonds. The highest BCUT2D eigenvalue weighted by Gasteiger charge is 2.61. The largest absolute Gasteiger partial charge is 0.471 e. The molecule has 13 nitrogen and oxygen atoms in total. The summed E-state index contributed by atoms with van der Waals surface area (Å²) in [6.07, 6.45) is 9.39. The fourth-order valence-corrected chi connectivity index (χ4v) is 9.04. The van der Waals surface area contributed by atoms with Gasteiger partial charge >= 0.3 is 5.69 Å². The Kier molecular flexibility index (Phi) is 7.95. The van der Waals surface area contributed by atoms with E-state index in [9.17, 15) is 4.79 Å². The number of hydrogen-bond acceptors (Lipinski definition) is 11. The molecule has 6 heterocycles. The van der Waals surface area contributed by atoms with E-state index in [0.29, 0.717) is 68.2 Å². The van der Waals surface area contributed by atoms with E-state index >= 15 is 0 Å². The molecule has 0 unspecified atom stereocenters. The summed E-state index contributed by atoms with van der Waals surface area (Å²) in [5.41, 5.74) is 2.50. The minimum Gasteiger partial charge on any atom is -0.471 e. The molecular weight excluding hydrogens is 592 g/mol. The van der Waals surface area contributed by atoms with Gasteiger partial charge < -0.3 is 28.2 Å². The van der Waals surface area contributed by atoms with Crippen molar-refractivity contribution in [2.24, 2.45) is 0 Å². The highest BCUT2D eigenvalue weighted by molar-refractivity contribution is 5.80. The minimum absolute atomic E-state index is 0.140. The standard InChI is InChI=1S/C33H46N6O7/c1-21(24-9-7-14-37(24)2)45-30-25-29(39(22-10-16-42-20-22)31(40)38(25)15-17-41-3)34-28(35-30)26-23-8-6-12-32(27(23)36-46-26)11-4-5-13-33(32)43-18-19-44-33/h21-22,24H,4-20H2,1-3H3/t21-,22+,24-,32-/m0/s1. The molecule has 2 spiro atoms. The Hall–Kier alpha value is -2.84. The first kappa shape index (κ1) is 30.5. The third kappa shape index (κ3) is 4.68. The summed E-state index contributed by atoms with van der Waals surface area (Å²) in [6, 6.07) is 0.100. The van der Waals surface area contributed by atoms with Crippen LogP contribution in [0.2, 0.25) is 0 Å². The Bertz CT molecular complexity index is 1640. The van der Waals surface area contributed by atoms with Gasteiger partial charge in [0.1, 0.15) is 6.10 Å². The molecule has 3 aromatic rings. The average molecular weight is 639 g/mol. The molecule has 3 aliphatic heterocycles. The molecule has 250 valence electrons. The molecule has 0 aromatic carbocycles. The number of hydrogen-bond donors (Lipinski definition) is 0. The molecular formula is C33H46N6O7. The van der Waals surface area contributed by atoms with E-state index in [-0.39, 0.29) is 29.3 Å². The molecule has 4 fully saturated rings. The zero-order valence-electron chi connectivity index (χ0n) is 27.3. The van der Waals surface area contributed by atoms with Crippen LogP contribution in [0.1, 0.15) is 82.0 Å². The van der Waals surface area contributed by atoms with Gasteiger partial charge in [0.15, 0.2) is 17.0 Å². The number of likely N-dealkylation sites (tertiary alicyclic amines) is 1. The molecule has 13 heteroatoms. The molecule has 46 heavy (non-hydrogen) atoms. The van der Waals surface area contributed by atoms with Crippen LogP contribution in [-0.2, 0) is 37.3 Å². The van der Waals surface area contributed by atoms with Gasteiger partial charge in [-0.15, -0.1) is 0 Å². The third-order valence-corrected chi connectivity index (χ3v) is 11.3. The summed E-state index contributed by atoms with van der Waals surface area (Å²) >= 11 is 0. The van der Waals surface area contributed by atoms with Gasteiger partial charge in [-0.2, -0.15) is 4.98 Å². The summed E-state index contributed by atoms with van der Waals surface area (Å²) in [4.78, 5) is 26.6. The van der Waals surface area contributed by atoms with Crippen LogP contribution in [0.3, 0.4) is 0 Å². The molecule has 1 saturated carbocycles. The van der Waals surface area contributed by atoms with Crippen LogP contribution < -0.4 is 10.4 Å². The molecule has 3 saturated heterocycles. The Labute approximate surface area is 268 Å². The van der Waals surface area contributed by atoms with Gasteiger partial charge in [0.05, 0.1) is 50.1 Å². The van der Waals surface area contributed by atoms with Crippen LogP contribution in [0.15, 0.2) is 9.32 Å². The number of ether oxygens (including phenoxy) is 5. The maximum atomic E-state index is 14.1. The van der Waals surface area contributed by atoms with E-state index in [2.05, 4.69) is 18.9 Å². The van der Waals surface area contributed by atoms with E-state index in [1.165, 1.54) is 0 Å². The number of imidazole rings is 1. The van der Waals surface area contributed by atoms with Gasteiger partial charge in [-0.1, -0.05) is 11.6 Å². The Morgan fingerprint density at radius 1 is 1.04 bits per heavy atom. The van der Waals surface area contributed by atoms with Crippen molar-refractivity contribution in [1.82, 2.24) is 29.2 Å². The van der Waals surface area contributed by atoms with E-state index in [4.69, 9.17) is 43.3 Å². The Balaban J connectivity index is 1.30. The molecule has 4 atom stereocenters. The number of aromatic nitrogens is 5. The zero-order valence-corrected chi connectivity index (χ0v) is 27.3. The summed E-state index contributed by atoms with van der Waals surface area (Å²) in [7, 11) is 3.77. The van der Waals surface area contributed by atoms with Crippen LogP contribution >= 0.6 is 0 Å². The summed E-state index contributed by atoms with van der Waals surface area (Å²) in [6.45, 7) is 6.07. The van der Waals surface area contributed by atoms with Gasteiger partial charge in [-0.3, -0.25) is 14.0 Å². The lowest BCUT2D eigenvalue weighted by Gasteiger charge is -2.50. The average Bonchev–Trinajstić information content (AvgIpc) is 3.89. The summed E-state index contributed by atoms with van der Waals surface area (Å²) in [5, 5.41) is 4.76. The van der Waals surface area contributed by atoms with Crippen molar-refractivity contribution in [2.45, 2.75) is 107 Å². The van der Waals surface area contributed by atoms with E-state index in [1.807, 2.05) is 0 Å². The van der Waals surface area contributed by atoms with E-state index in [0.717, 1.165) is 82.0 Å². The van der Waals surface area contributed by atoms with E-state index in [1.54, 1.807) is 16.2 Å². The first-order valence-corrected chi connectivity index (χ1v) is 17.2. The second-order valence-corrected chi connectivity index (χ2v) is 13.8. The van der Waals surface area contributed by atoms with Crippen molar-refractivity contribution >= 4 is 11.2 Å². The smallest absolute Gasteiger partial charge is 0.330 e. The van der Waals surface area contributed by atoms with Crippen LogP contribution in [0.25, 0.3) is 22.7 Å². The summed E-state index contributed by atoms with van der Waals surface area (Å²) in [5.74, 6) is 0.634. The second-order valence-electron chi connectivity index (χ2n) is 13.8. The van der Waals surface area contributed by atoms with Crippen LogP contribution in [-0.4, -0.2) is 101 Å².